The van der Waals surface area contributed by atoms with Gasteiger partial charge in [-0.25, -0.2) is 4.98 Å². The summed E-state index contributed by atoms with van der Waals surface area (Å²) >= 11 is 7.77. The highest BCUT2D eigenvalue weighted by Gasteiger charge is 2.18. The van der Waals surface area contributed by atoms with Gasteiger partial charge in [0.15, 0.2) is 0 Å². The van der Waals surface area contributed by atoms with Gasteiger partial charge in [0.2, 0.25) is 0 Å². The molecule has 0 atom stereocenters. The molecule has 2 aromatic rings. The SMILES string of the molecule is CN(Cc1nc2cc(Cl)ccc2s1)C1CCNCC1. The number of thiazole rings is 1. The van der Waals surface area contributed by atoms with Crippen LogP contribution in [-0.4, -0.2) is 36.1 Å². The second kappa shape index (κ2) is 5.75. The van der Waals surface area contributed by atoms with Crippen LogP contribution in [0.25, 0.3) is 10.2 Å². The van der Waals surface area contributed by atoms with E-state index in [0.717, 1.165) is 30.2 Å². The zero-order chi connectivity index (χ0) is 13.2. The van der Waals surface area contributed by atoms with Crippen molar-refractivity contribution in [3.05, 3.63) is 28.2 Å². The van der Waals surface area contributed by atoms with Gasteiger partial charge in [-0.3, -0.25) is 4.90 Å². The average Bonchev–Trinajstić information content (AvgIpc) is 2.81. The molecule has 5 heteroatoms. The average molecular weight is 296 g/mol. The van der Waals surface area contributed by atoms with Crippen LogP contribution in [0.2, 0.25) is 5.02 Å². The highest BCUT2D eigenvalue weighted by atomic mass is 35.5. The smallest absolute Gasteiger partial charge is 0.108 e. The number of aromatic nitrogens is 1. The Bertz CT molecular complexity index is 563. The zero-order valence-corrected chi connectivity index (χ0v) is 12.6. The molecule has 1 aromatic carbocycles. The predicted octanol–water partition coefficient (Wildman–Crippen LogP) is 3.13. The van der Waals surface area contributed by atoms with Crippen molar-refractivity contribution in [3.8, 4) is 0 Å². The zero-order valence-electron chi connectivity index (χ0n) is 11.0. The van der Waals surface area contributed by atoms with Gasteiger partial charge in [0, 0.05) is 11.1 Å². The van der Waals surface area contributed by atoms with E-state index >= 15 is 0 Å². The van der Waals surface area contributed by atoms with E-state index in [1.54, 1.807) is 11.3 Å². The summed E-state index contributed by atoms with van der Waals surface area (Å²) in [6.45, 7) is 3.19. The van der Waals surface area contributed by atoms with E-state index in [2.05, 4.69) is 28.3 Å². The first-order valence-electron chi connectivity index (χ1n) is 6.68. The highest BCUT2D eigenvalue weighted by Crippen LogP contribution is 2.26. The van der Waals surface area contributed by atoms with Gasteiger partial charge in [0.05, 0.1) is 16.8 Å². The van der Waals surface area contributed by atoms with E-state index in [1.807, 2.05) is 12.1 Å². The van der Waals surface area contributed by atoms with Crippen molar-refractivity contribution in [2.45, 2.75) is 25.4 Å². The van der Waals surface area contributed by atoms with Gasteiger partial charge in [0.1, 0.15) is 5.01 Å². The number of hydrogen-bond donors (Lipinski definition) is 1. The topological polar surface area (TPSA) is 28.2 Å². The van der Waals surface area contributed by atoms with E-state index in [0.29, 0.717) is 6.04 Å². The molecule has 1 aliphatic rings. The third kappa shape index (κ3) is 3.08. The van der Waals surface area contributed by atoms with Crippen molar-refractivity contribution in [1.82, 2.24) is 15.2 Å². The fraction of sp³-hybridized carbons (Fsp3) is 0.500. The Balaban J connectivity index is 1.73. The first-order chi connectivity index (χ1) is 9.22. The Morgan fingerprint density at radius 3 is 3.00 bits per heavy atom. The summed E-state index contributed by atoms with van der Waals surface area (Å²) in [7, 11) is 2.20. The Labute approximate surface area is 122 Å². The third-order valence-electron chi connectivity index (χ3n) is 3.71. The summed E-state index contributed by atoms with van der Waals surface area (Å²) in [5.74, 6) is 0. The first kappa shape index (κ1) is 13.3. The Morgan fingerprint density at radius 2 is 2.21 bits per heavy atom. The molecule has 1 fully saturated rings. The standard InChI is InChI=1S/C14H18ClN3S/c1-18(11-4-6-16-7-5-11)9-14-17-12-8-10(15)2-3-13(12)19-14/h2-3,8,11,16H,4-7,9H2,1H3. The van der Waals surface area contributed by atoms with Gasteiger partial charge in [-0.15, -0.1) is 11.3 Å². The summed E-state index contributed by atoms with van der Waals surface area (Å²) < 4.78 is 1.22. The molecule has 2 heterocycles. The van der Waals surface area contributed by atoms with Crippen LogP contribution in [0.4, 0.5) is 0 Å². The second-order valence-corrected chi connectivity index (χ2v) is 6.67. The van der Waals surface area contributed by atoms with Crippen molar-refractivity contribution >= 4 is 33.2 Å². The van der Waals surface area contributed by atoms with Crippen LogP contribution in [0, 0.1) is 0 Å². The van der Waals surface area contributed by atoms with Crippen LogP contribution in [-0.2, 0) is 6.54 Å². The molecule has 0 aliphatic carbocycles. The molecule has 0 saturated carbocycles. The largest absolute Gasteiger partial charge is 0.317 e. The number of fused-ring (bicyclic) bond motifs is 1. The fourth-order valence-corrected chi connectivity index (χ4v) is 3.78. The van der Waals surface area contributed by atoms with Crippen LogP contribution in [0.1, 0.15) is 17.8 Å². The Morgan fingerprint density at radius 1 is 1.42 bits per heavy atom. The third-order valence-corrected chi connectivity index (χ3v) is 4.97. The summed E-state index contributed by atoms with van der Waals surface area (Å²) in [4.78, 5) is 7.12. The number of halogens is 1. The molecule has 3 rings (SSSR count). The van der Waals surface area contributed by atoms with Gasteiger partial charge >= 0.3 is 0 Å². The molecule has 0 radical (unpaired) electrons. The molecular weight excluding hydrogens is 278 g/mol. The minimum atomic E-state index is 0.678. The van der Waals surface area contributed by atoms with Gasteiger partial charge in [0.25, 0.3) is 0 Å². The van der Waals surface area contributed by atoms with Crippen LogP contribution >= 0.6 is 22.9 Å². The molecule has 0 spiro atoms. The lowest BCUT2D eigenvalue weighted by atomic mass is 10.1. The number of nitrogens with one attached hydrogen (secondary N) is 1. The second-order valence-electron chi connectivity index (χ2n) is 5.12. The van der Waals surface area contributed by atoms with Gasteiger partial charge in [-0.2, -0.15) is 0 Å². The molecule has 0 amide bonds. The molecular formula is C14H18ClN3S. The maximum Gasteiger partial charge on any atom is 0.108 e. The van der Waals surface area contributed by atoms with E-state index in [4.69, 9.17) is 11.6 Å². The lowest BCUT2D eigenvalue weighted by molar-refractivity contribution is 0.191. The minimum Gasteiger partial charge on any atom is -0.317 e. The van der Waals surface area contributed by atoms with Gasteiger partial charge in [-0.1, -0.05) is 11.6 Å². The van der Waals surface area contributed by atoms with E-state index in [1.165, 1.54) is 22.5 Å². The van der Waals surface area contributed by atoms with Crippen molar-refractivity contribution in [2.75, 3.05) is 20.1 Å². The van der Waals surface area contributed by atoms with E-state index in [-0.39, 0.29) is 0 Å². The summed E-state index contributed by atoms with van der Waals surface area (Å²) in [5.41, 5.74) is 1.02. The van der Waals surface area contributed by atoms with Crippen LogP contribution in [0.15, 0.2) is 18.2 Å². The van der Waals surface area contributed by atoms with Crippen LogP contribution < -0.4 is 5.32 Å². The molecule has 1 aliphatic heterocycles. The maximum atomic E-state index is 6.00. The Kier molecular flexibility index (Phi) is 4.03. The van der Waals surface area contributed by atoms with Gasteiger partial charge < -0.3 is 5.32 Å². The molecule has 1 aromatic heterocycles. The molecule has 19 heavy (non-hydrogen) atoms. The highest BCUT2D eigenvalue weighted by molar-refractivity contribution is 7.18. The summed E-state index contributed by atoms with van der Waals surface area (Å²) in [5, 5.41) is 5.35. The quantitative estimate of drug-likeness (QED) is 0.943. The number of piperidine rings is 1. The van der Waals surface area contributed by atoms with Crippen molar-refractivity contribution in [1.29, 1.82) is 0 Å². The molecule has 1 N–H and O–H groups in total. The lowest BCUT2D eigenvalue weighted by Gasteiger charge is -2.30. The molecule has 0 unspecified atom stereocenters. The summed E-state index contributed by atoms with van der Waals surface area (Å²) in [6.07, 6.45) is 2.46. The lowest BCUT2D eigenvalue weighted by Crippen LogP contribution is -2.40. The molecule has 0 bridgehead atoms. The van der Waals surface area contributed by atoms with Gasteiger partial charge in [-0.05, 0) is 51.2 Å². The van der Waals surface area contributed by atoms with Crippen molar-refractivity contribution < 1.29 is 0 Å². The van der Waals surface area contributed by atoms with E-state index < -0.39 is 0 Å². The van der Waals surface area contributed by atoms with E-state index in [9.17, 15) is 0 Å². The number of benzene rings is 1. The summed E-state index contributed by atoms with van der Waals surface area (Å²) in [6, 6.07) is 6.62. The van der Waals surface area contributed by atoms with Crippen molar-refractivity contribution in [3.63, 3.8) is 0 Å². The molecule has 3 nitrogen and oxygen atoms in total. The minimum absolute atomic E-state index is 0.678. The van der Waals surface area contributed by atoms with Crippen molar-refractivity contribution in [2.24, 2.45) is 0 Å². The molecule has 1 saturated heterocycles. The monoisotopic (exact) mass is 295 g/mol. The number of rotatable bonds is 3. The fourth-order valence-electron chi connectivity index (χ4n) is 2.61. The Hall–Kier alpha value is -0.680. The predicted molar refractivity (Wildman–Crippen MR) is 82.0 cm³/mol. The van der Waals surface area contributed by atoms with Crippen LogP contribution in [0.5, 0.6) is 0 Å². The number of hydrogen-bond acceptors (Lipinski definition) is 4. The normalized spacial score (nSPS) is 17.4. The maximum absolute atomic E-state index is 6.00. The van der Waals surface area contributed by atoms with Crippen LogP contribution in [0.3, 0.4) is 0 Å². The molecule has 102 valence electrons. The first-order valence-corrected chi connectivity index (χ1v) is 7.88. The number of nitrogens with zero attached hydrogens (tertiary/aromatic N) is 2.